The van der Waals surface area contributed by atoms with Crippen LogP contribution in [0.2, 0.25) is 0 Å². The third kappa shape index (κ3) is 2.32. The predicted octanol–water partition coefficient (Wildman–Crippen LogP) is 1.28. The summed E-state index contributed by atoms with van der Waals surface area (Å²) in [5, 5.41) is 13.9. The average molecular weight is 292 g/mol. The molecule has 0 saturated heterocycles. The van der Waals surface area contributed by atoms with Gasteiger partial charge in [0.1, 0.15) is 0 Å². The van der Waals surface area contributed by atoms with Crippen molar-refractivity contribution in [2.75, 3.05) is 0 Å². The summed E-state index contributed by atoms with van der Waals surface area (Å²) in [5.74, 6) is 0.885. The van der Waals surface area contributed by atoms with E-state index in [0.717, 1.165) is 11.8 Å². The van der Waals surface area contributed by atoms with Gasteiger partial charge in [0.15, 0.2) is 0 Å². The van der Waals surface area contributed by atoms with Crippen molar-refractivity contribution >= 4 is 17.9 Å². The molecule has 3 amide bonds. The molecule has 2 bridgehead atoms. The highest BCUT2D eigenvalue weighted by molar-refractivity contribution is 6.07. The van der Waals surface area contributed by atoms with Crippen LogP contribution in [0.1, 0.15) is 33.1 Å². The average Bonchev–Trinajstić information content (AvgIpc) is 2.84. The van der Waals surface area contributed by atoms with E-state index in [2.05, 4.69) is 10.6 Å². The highest BCUT2D eigenvalue weighted by Crippen LogP contribution is 2.65. The Hall–Kier alpha value is -1.85. The maximum absolute atomic E-state index is 11.9. The first-order chi connectivity index (χ1) is 9.90. The molecular weight excluding hydrogens is 272 g/mol. The second kappa shape index (κ2) is 4.86. The van der Waals surface area contributed by atoms with Crippen LogP contribution in [0.5, 0.6) is 0 Å². The Bertz CT molecular complexity index is 538. The normalized spacial score (nSPS) is 36.6. The van der Waals surface area contributed by atoms with Gasteiger partial charge < -0.3 is 10.4 Å². The lowest BCUT2D eigenvalue weighted by molar-refractivity contribution is -0.133. The summed E-state index contributed by atoms with van der Waals surface area (Å²) in [5.41, 5.74) is -0.00431. The minimum atomic E-state index is -1.16. The Morgan fingerprint density at radius 1 is 1.00 bits per heavy atom. The van der Waals surface area contributed by atoms with Gasteiger partial charge in [-0.3, -0.25) is 10.1 Å². The number of amides is 3. The first-order valence-electron chi connectivity index (χ1n) is 7.42. The summed E-state index contributed by atoms with van der Waals surface area (Å²) in [6, 6.07) is -0.315. The van der Waals surface area contributed by atoms with Crippen LogP contribution in [-0.4, -0.2) is 29.1 Å². The summed E-state index contributed by atoms with van der Waals surface area (Å²) >= 11 is 0. The lowest BCUT2D eigenvalue weighted by Crippen LogP contribution is -2.42. The van der Waals surface area contributed by atoms with Crippen molar-refractivity contribution < 1.29 is 19.5 Å². The van der Waals surface area contributed by atoms with Crippen molar-refractivity contribution in [3.8, 4) is 0 Å². The summed E-state index contributed by atoms with van der Waals surface area (Å²) in [7, 11) is 0. The van der Waals surface area contributed by atoms with Gasteiger partial charge >= 0.3 is 12.0 Å². The van der Waals surface area contributed by atoms with Crippen molar-refractivity contribution in [2.45, 2.75) is 39.2 Å². The smallest absolute Gasteiger partial charge is 0.331 e. The molecular formula is C15H20N2O4. The number of hydrogen-bond acceptors (Lipinski definition) is 3. The molecule has 3 fully saturated rings. The lowest BCUT2D eigenvalue weighted by Gasteiger charge is -2.11. The molecule has 3 saturated carbocycles. The fourth-order valence-electron chi connectivity index (χ4n) is 4.23. The lowest BCUT2D eigenvalue weighted by atomic mass is 10.0. The SMILES string of the molecule is CC(C(=O)O)=C(C)C(=O)NC(=O)NC1C2C3CCC(C3)C12. The van der Waals surface area contributed by atoms with Gasteiger partial charge in [-0.05, 0) is 56.8 Å². The Morgan fingerprint density at radius 3 is 2.10 bits per heavy atom. The molecule has 3 aliphatic carbocycles. The van der Waals surface area contributed by atoms with E-state index in [9.17, 15) is 14.4 Å². The van der Waals surface area contributed by atoms with Gasteiger partial charge in [0.25, 0.3) is 5.91 Å². The standard InChI is InChI=1S/C15H20N2O4/c1-6(7(2)14(19)20)13(18)17-15(21)16-12-10-8-3-4-9(5-8)11(10)12/h8-12H,3-5H2,1-2H3,(H,19,20)(H2,16,17,18,21). The van der Waals surface area contributed by atoms with E-state index in [1.165, 1.54) is 33.1 Å². The van der Waals surface area contributed by atoms with Gasteiger partial charge in [-0.1, -0.05) is 0 Å². The predicted molar refractivity (Wildman–Crippen MR) is 74.3 cm³/mol. The molecule has 4 atom stereocenters. The van der Waals surface area contributed by atoms with E-state index >= 15 is 0 Å². The maximum atomic E-state index is 11.9. The van der Waals surface area contributed by atoms with Crippen molar-refractivity contribution in [1.82, 2.24) is 10.6 Å². The topological polar surface area (TPSA) is 95.5 Å². The Kier molecular flexibility index (Phi) is 3.26. The van der Waals surface area contributed by atoms with Gasteiger partial charge in [-0.25, -0.2) is 9.59 Å². The van der Waals surface area contributed by atoms with Crippen molar-refractivity contribution in [2.24, 2.45) is 23.7 Å². The molecule has 0 aromatic heterocycles. The largest absolute Gasteiger partial charge is 0.478 e. The number of urea groups is 1. The summed E-state index contributed by atoms with van der Waals surface area (Å²) < 4.78 is 0. The molecule has 6 heteroatoms. The molecule has 21 heavy (non-hydrogen) atoms. The number of aliphatic carboxylic acids is 1. The molecule has 0 aromatic rings. The van der Waals surface area contributed by atoms with Crippen LogP contribution < -0.4 is 10.6 Å². The van der Waals surface area contributed by atoms with Crippen molar-refractivity contribution in [3.05, 3.63) is 11.1 Å². The van der Waals surface area contributed by atoms with E-state index in [1.807, 2.05) is 0 Å². The quantitative estimate of drug-likeness (QED) is 0.683. The second-order valence-electron chi connectivity index (χ2n) is 6.50. The Labute approximate surface area is 123 Å². The van der Waals surface area contributed by atoms with Crippen molar-refractivity contribution in [1.29, 1.82) is 0 Å². The van der Waals surface area contributed by atoms with Crippen LogP contribution >= 0.6 is 0 Å². The molecule has 6 nitrogen and oxygen atoms in total. The molecule has 3 N–H and O–H groups in total. The van der Waals surface area contributed by atoms with E-state index in [4.69, 9.17) is 5.11 Å². The highest BCUT2D eigenvalue weighted by Gasteiger charge is 2.65. The van der Waals surface area contributed by atoms with E-state index in [1.54, 1.807) is 0 Å². The van der Waals surface area contributed by atoms with Gasteiger partial charge in [-0.2, -0.15) is 0 Å². The number of imide groups is 1. The number of hydrogen-bond donors (Lipinski definition) is 3. The molecule has 114 valence electrons. The van der Waals surface area contributed by atoms with Crippen LogP contribution in [0.15, 0.2) is 11.1 Å². The van der Waals surface area contributed by atoms with Crippen LogP contribution in [-0.2, 0) is 9.59 Å². The number of fused-ring (bicyclic) bond motifs is 5. The third-order valence-corrected chi connectivity index (χ3v) is 5.48. The summed E-state index contributed by atoms with van der Waals surface area (Å²) in [6.45, 7) is 2.75. The van der Waals surface area contributed by atoms with E-state index in [0.29, 0.717) is 11.8 Å². The first kappa shape index (κ1) is 14.1. The van der Waals surface area contributed by atoms with Crippen LogP contribution in [0.3, 0.4) is 0 Å². The summed E-state index contributed by atoms with van der Waals surface area (Å²) in [6.07, 6.45) is 3.84. The van der Waals surface area contributed by atoms with Gasteiger partial charge in [-0.15, -0.1) is 0 Å². The van der Waals surface area contributed by atoms with Crippen molar-refractivity contribution in [3.63, 3.8) is 0 Å². The van der Waals surface area contributed by atoms with E-state index in [-0.39, 0.29) is 17.2 Å². The zero-order chi connectivity index (χ0) is 15.3. The third-order valence-electron chi connectivity index (χ3n) is 5.48. The van der Waals surface area contributed by atoms with Crippen LogP contribution in [0, 0.1) is 23.7 Å². The molecule has 0 radical (unpaired) electrons. The van der Waals surface area contributed by atoms with Crippen LogP contribution in [0.4, 0.5) is 4.79 Å². The summed E-state index contributed by atoms with van der Waals surface area (Å²) in [4.78, 5) is 34.4. The zero-order valence-corrected chi connectivity index (χ0v) is 12.2. The number of carbonyl (C=O) groups excluding carboxylic acids is 2. The number of carboxylic acid groups (broad SMARTS) is 1. The number of rotatable bonds is 3. The van der Waals surface area contributed by atoms with Crippen LogP contribution in [0.25, 0.3) is 0 Å². The van der Waals surface area contributed by atoms with Gasteiger partial charge in [0.2, 0.25) is 0 Å². The molecule has 0 aromatic carbocycles. The number of carboxylic acids is 1. The monoisotopic (exact) mass is 292 g/mol. The maximum Gasteiger partial charge on any atom is 0.331 e. The first-order valence-corrected chi connectivity index (χ1v) is 7.42. The molecule has 4 unspecified atom stereocenters. The fraction of sp³-hybridized carbons (Fsp3) is 0.667. The molecule has 3 aliphatic rings. The molecule has 0 heterocycles. The van der Waals surface area contributed by atoms with E-state index < -0.39 is 17.9 Å². The molecule has 3 rings (SSSR count). The second-order valence-corrected chi connectivity index (χ2v) is 6.50. The minimum absolute atomic E-state index is 0.0497. The highest BCUT2D eigenvalue weighted by atomic mass is 16.4. The zero-order valence-electron chi connectivity index (χ0n) is 12.2. The fourth-order valence-corrected chi connectivity index (χ4v) is 4.23. The number of nitrogens with one attached hydrogen (secondary N) is 2. The molecule has 0 aliphatic heterocycles. The number of carbonyl (C=O) groups is 3. The van der Waals surface area contributed by atoms with Gasteiger partial charge in [0.05, 0.1) is 0 Å². The Balaban J connectivity index is 1.53. The Morgan fingerprint density at radius 2 is 1.57 bits per heavy atom. The van der Waals surface area contributed by atoms with Gasteiger partial charge in [0, 0.05) is 17.2 Å². The minimum Gasteiger partial charge on any atom is -0.478 e. The molecule has 0 spiro atoms.